The molecule has 3 aromatic rings. The van der Waals surface area contributed by atoms with Crippen LogP contribution in [0.4, 0.5) is 0 Å². The Morgan fingerprint density at radius 2 is 2.18 bits per heavy atom. The number of pyridine rings is 1. The average molecular weight is 381 g/mol. The molecule has 0 aliphatic carbocycles. The Labute approximate surface area is 162 Å². The minimum absolute atomic E-state index is 0.177. The fraction of sp³-hybridized carbons (Fsp3) is 0.474. The fourth-order valence-corrected chi connectivity index (χ4v) is 3.45. The van der Waals surface area contributed by atoms with E-state index in [4.69, 9.17) is 4.52 Å². The number of aromatic nitrogens is 6. The molecular formula is C19H23N7O2. The Kier molecular flexibility index (Phi) is 5.41. The molecular weight excluding hydrogens is 358 g/mol. The molecule has 0 saturated carbocycles. The first kappa shape index (κ1) is 18.3. The Morgan fingerprint density at radius 3 is 2.89 bits per heavy atom. The van der Waals surface area contributed by atoms with Gasteiger partial charge >= 0.3 is 0 Å². The van der Waals surface area contributed by atoms with Crippen molar-refractivity contribution >= 4 is 5.91 Å². The van der Waals surface area contributed by atoms with Crippen molar-refractivity contribution < 1.29 is 9.32 Å². The summed E-state index contributed by atoms with van der Waals surface area (Å²) in [6.45, 7) is 3.41. The summed E-state index contributed by atoms with van der Waals surface area (Å²) < 4.78 is 5.28. The Hall–Kier alpha value is -3.10. The first-order valence-corrected chi connectivity index (χ1v) is 9.58. The van der Waals surface area contributed by atoms with Gasteiger partial charge in [-0.1, -0.05) is 5.16 Å². The summed E-state index contributed by atoms with van der Waals surface area (Å²) in [5.41, 5.74) is 0.818. The van der Waals surface area contributed by atoms with Crippen LogP contribution >= 0.6 is 0 Å². The number of hydrogen-bond acceptors (Lipinski definition) is 7. The molecule has 0 radical (unpaired) electrons. The van der Waals surface area contributed by atoms with E-state index in [1.54, 1.807) is 12.4 Å². The number of aryl methyl sites for hydroxylation is 2. The van der Waals surface area contributed by atoms with E-state index in [1.165, 1.54) is 0 Å². The minimum Gasteiger partial charge on any atom is -0.343 e. The number of rotatable bonds is 6. The molecule has 0 atom stereocenters. The number of nitrogens with one attached hydrogen (secondary N) is 1. The second-order valence-electron chi connectivity index (χ2n) is 7.04. The van der Waals surface area contributed by atoms with Crippen molar-refractivity contribution in [2.24, 2.45) is 0 Å². The lowest BCUT2D eigenvalue weighted by atomic mass is 9.96. The predicted molar refractivity (Wildman–Crippen MR) is 100 cm³/mol. The molecule has 1 aliphatic heterocycles. The molecule has 1 aliphatic rings. The smallest absolute Gasteiger partial charge is 0.226 e. The topological polar surface area (TPSA) is 114 Å². The van der Waals surface area contributed by atoms with Crippen LogP contribution in [0.3, 0.4) is 0 Å². The van der Waals surface area contributed by atoms with Gasteiger partial charge in [0, 0.05) is 49.8 Å². The lowest BCUT2D eigenvalue weighted by Gasteiger charge is -2.30. The Morgan fingerprint density at radius 1 is 1.32 bits per heavy atom. The van der Waals surface area contributed by atoms with Gasteiger partial charge in [0.05, 0.1) is 0 Å². The largest absolute Gasteiger partial charge is 0.343 e. The van der Waals surface area contributed by atoms with Gasteiger partial charge in [-0.05, 0) is 38.3 Å². The zero-order chi connectivity index (χ0) is 19.3. The van der Waals surface area contributed by atoms with E-state index >= 15 is 0 Å². The highest BCUT2D eigenvalue weighted by molar-refractivity contribution is 5.76. The van der Waals surface area contributed by atoms with E-state index in [2.05, 4.69) is 30.3 Å². The van der Waals surface area contributed by atoms with Crippen LogP contribution in [0.2, 0.25) is 0 Å². The maximum absolute atomic E-state index is 12.5. The molecule has 0 aromatic carbocycles. The Balaban J connectivity index is 1.22. The van der Waals surface area contributed by atoms with Crippen LogP contribution in [-0.4, -0.2) is 54.2 Å². The molecule has 3 aromatic heterocycles. The van der Waals surface area contributed by atoms with Crippen molar-refractivity contribution in [3.63, 3.8) is 0 Å². The van der Waals surface area contributed by atoms with Gasteiger partial charge in [0.2, 0.25) is 17.6 Å². The normalized spacial score (nSPS) is 15.1. The zero-order valence-electron chi connectivity index (χ0n) is 15.8. The van der Waals surface area contributed by atoms with E-state index in [1.807, 2.05) is 24.0 Å². The van der Waals surface area contributed by atoms with Crippen LogP contribution in [0, 0.1) is 6.92 Å². The van der Waals surface area contributed by atoms with Crippen LogP contribution < -0.4 is 0 Å². The number of piperidine rings is 1. The molecule has 1 amide bonds. The van der Waals surface area contributed by atoms with Crippen molar-refractivity contribution in [1.29, 1.82) is 0 Å². The molecule has 4 heterocycles. The second kappa shape index (κ2) is 8.28. The number of nitrogens with zero attached hydrogens (tertiary/aromatic N) is 6. The molecule has 146 valence electrons. The standard InChI is InChI=1S/C19H23N7O2/c1-13-21-18(24-23-13)14-7-10-26(11-8-14)17(27)6-2-5-16-22-19(25-28-16)15-4-3-9-20-12-15/h3-4,9,12,14H,2,5-8,10-11H2,1H3,(H,21,23,24). The van der Waals surface area contributed by atoms with Gasteiger partial charge in [0.1, 0.15) is 5.82 Å². The maximum atomic E-state index is 12.5. The summed E-state index contributed by atoms with van der Waals surface area (Å²) in [7, 11) is 0. The number of hydrogen-bond donors (Lipinski definition) is 1. The van der Waals surface area contributed by atoms with E-state index in [9.17, 15) is 4.79 Å². The van der Waals surface area contributed by atoms with Gasteiger partial charge in [-0.15, -0.1) is 0 Å². The van der Waals surface area contributed by atoms with E-state index in [0.29, 0.717) is 36.9 Å². The minimum atomic E-state index is 0.177. The molecule has 0 bridgehead atoms. The highest BCUT2D eigenvalue weighted by atomic mass is 16.5. The molecule has 9 nitrogen and oxygen atoms in total. The van der Waals surface area contributed by atoms with E-state index < -0.39 is 0 Å². The fourth-order valence-electron chi connectivity index (χ4n) is 3.45. The summed E-state index contributed by atoms with van der Waals surface area (Å²) >= 11 is 0. The second-order valence-corrected chi connectivity index (χ2v) is 7.04. The third-order valence-corrected chi connectivity index (χ3v) is 5.00. The Bertz CT molecular complexity index is 913. The van der Waals surface area contributed by atoms with E-state index in [-0.39, 0.29) is 5.91 Å². The average Bonchev–Trinajstić information content (AvgIpc) is 3.38. The number of aromatic amines is 1. The molecule has 0 spiro atoms. The van der Waals surface area contributed by atoms with Gasteiger partial charge in [0.25, 0.3) is 0 Å². The van der Waals surface area contributed by atoms with Gasteiger partial charge in [-0.2, -0.15) is 10.1 Å². The molecule has 4 rings (SSSR count). The third-order valence-electron chi connectivity index (χ3n) is 5.00. The quantitative estimate of drug-likeness (QED) is 0.697. The summed E-state index contributed by atoms with van der Waals surface area (Å²) in [6, 6.07) is 3.71. The highest BCUT2D eigenvalue weighted by Gasteiger charge is 2.25. The first-order chi connectivity index (χ1) is 13.7. The third kappa shape index (κ3) is 4.24. The lowest BCUT2D eigenvalue weighted by Crippen LogP contribution is -2.38. The number of likely N-dealkylation sites (tertiary alicyclic amines) is 1. The molecule has 1 N–H and O–H groups in total. The van der Waals surface area contributed by atoms with Gasteiger partial charge < -0.3 is 9.42 Å². The molecule has 1 fully saturated rings. The predicted octanol–water partition coefficient (Wildman–Crippen LogP) is 2.29. The molecule has 1 saturated heterocycles. The van der Waals surface area contributed by atoms with Crippen LogP contribution in [0.25, 0.3) is 11.4 Å². The van der Waals surface area contributed by atoms with Crippen molar-refractivity contribution in [2.45, 2.75) is 44.9 Å². The van der Waals surface area contributed by atoms with Crippen LogP contribution in [-0.2, 0) is 11.2 Å². The number of amides is 1. The van der Waals surface area contributed by atoms with Crippen molar-refractivity contribution in [3.8, 4) is 11.4 Å². The highest BCUT2D eigenvalue weighted by Crippen LogP contribution is 2.26. The first-order valence-electron chi connectivity index (χ1n) is 9.58. The number of H-pyrrole nitrogens is 1. The summed E-state index contributed by atoms with van der Waals surface area (Å²) in [4.78, 5) is 27.3. The SMILES string of the molecule is Cc1nc(C2CCN(C(=O)CCCc3nc(-c4cccnc4)no3)CC2)n[nH]1. The monoisotopic (exact) mass is 381 g/mol. The number of carbonyl (C=O) groups is 1. The molecule has 9 heteroatoms. The lowest BCUT2D eigenvalue weighted by molar-refractivity contribution is -0.132. The number of carbonyl (C=O) groups excluding carboxylic acids is 1. The van der Waals surface area contributed by atoms with Crippen molar-refractivity contribution in [2.75, 3.05) is 13.1 Å². The van der Waals surface area contributed by atoms with Crippen LogP contribution in [0.5, 0.6) is 0 Å². The summed E-state index contributed by atoms with van der Waals surface area (Å²) in [5.74, 6) is 3.28. The molecule has 28 heavy (non-hydrogen) atoms. The summed E-state index contributed by atoms with van der Waals surface area (Å²) in [6.07, 6.45) is 6.96. The van der Waals surface area contributed by atoms with Gasteiger partial charge in [0.15, 0.2) is 5.82 Å². The van der Waals surface area contributed by atoms with Gasteiger partial charge in [-0.25, -0.2) is 4.98 Å². The van der Waals surface area contributed by atoms with E-state index in [0.717, 1.165) is 43.1 Å². The zero-order valence-corrected chi connectivity index (χ0v) is 15.8. The van der Waals surface area contributed by atoms with Crippen molar-refractivity contribution in [3.05, 3.63) is 42.1 Å². The van der Waals surface area contributed by atoms with Gasteiger partial charge in [-0.3, -0.25) is 14.9 Å². The van der Waals surface area contributed by atoms with Crippen LogP contribution in [0.1, 0.15) is 49.1 Å². The summed E-state index contributed by atoms with van der Waals surface area (Å²) in [5, 5.41) is 11.1. The van der Waals surface area contributed by atoms with Crippen LogP contribution in [0.15, 0.2) is 29.0 Å². The maximum Gasteiger partial charge on any atom is 0.226 e. The molecule has 0 unspecified atom stereocenters. The van der Waals surface area contributed by atoms with Crippen molar-refractivity contribution in [1.82, 2.24) is 35.2 Å².